The molecule has 0 aliphatic carbocycles. The van der Waals surface area contributed by atoms with Gasteiger partial charge in [-0.25, -0.2) is 19.8 Å². The normalized spacial score (nSPS) is 13.5. The number of hydrogen-bond donors (Lipinski definition) is 3. The highest BCUT2D eigenvalue weighted by Gasteiger charge is 2.17. The van der Waals surface area contributed by atoms with Crippen LogP contribution < -0.4 is 15.6 Å². The highest BCUT2D eigenvalue weighted by Crippen LogP contribution is 2.30. The van der Waals surface area contributed by atoms with Crippen LogP contribution in [0.3, 0.4) is 0 Å². The lowest BCUT2D eigenvalue weighted by Crippen LogP contribution is -2.37. The number of aromatic nitrogens is 3. The number of nitrogens with one attached hydrogen (secondary N) is 2. The summed E-state index contributed by atoms with van der Waals surface area (Å²) >= 11 is 0. The SMILES string of the molecule is CCc1cc(Nc2ccc(/C=N/Nc3ncc(F)c(N4CCOCC4)n3)nc2CC)cc(-c2cccc(O)c2)c1. The van der Waals surface area contributed by atoms with Crippen LogP contribution in [-0.2, 0) is 17.6 Å². The molecule has 0 unspecified atom stereocenters. The largest absolute Gasteiger partial charge is 0.508 e. The molecule has 9 nitrogen and oxygen atoms in total. The minimum atomic E-state index is -0.479. The predicted molar refractivity (Wildman–Crippen MR) is 156 cm³/mol. The summed E-state index contributed by atoms with van der Waals surface area (Å²) in [4.78, 5) is 14.9. The van der Waals surface area contributed by atoms with E-state index in [1.54, 1.807) is 18.3 Å². The number of ether oxygens (including phenoxy) is 1. The van der Waals surface area contributed by atoms with Gasteiger partial charge < -0.3 is 20.1 Å². The number of anilines is 4. The third-order valence-corrected chi connectivity index (χ3v) is 6.59. The third kappa shape index (κ3) is 6.52. The number of rotatable bonds is 9. The topological polar surface area (TPSA) is 108 Å². The molecule has 40 heavy (non-hydrogen) atoms. The van der Waals surface area contributed by atoms with Crippen LogP contribution in [0, 0.1) is 5.82 Å². The standard InChI is InChI=1S/C30H32FN7O2/c1-3-20-14-22(21-6-5-7-25(39)17-21)16-24(15-20)35-28-9-8-23(34-27(28)4-2)18-33-37-30-32-19-26(31)29(36-30)38-10-12-40-13-11-38/h5-9,14-19,35,39H,3-4,10-13H2,1-2H3,(H,32,36,37)/b33-18+. The fraction of sp³-hybridized carbons (Fsp3) is 0.267. The summed E-state index contributed by atoms with van der Waals surface area (Å²) in [6.07, 6.45) is 4.33. The zero-order chi connectivity index (χ0) is 27.9. The lowest BCUT2D eigenvalue weighted by molar-refractivity contribution is 0.122. The van der Waals surface area contributed by atoms with Gasteiger partial charge in [0.2, 0.25) is 5.95 Å². The van der Waals surface area contributed by atoms with Crippen LogP contribution in [0.4, 0.5) is 27.5 Å². The van der Waals surface area contributed by atoms with Crippen molar-refractivity contribution in [2.75, 3.05) is 41.9 Å². The van der Waals surface area contributed by atoms with E-state index in [9.17, 15) is 9.50 Å². The number of hydrogen-bond acceptors (Lipinski definition) is 9. The summed E-state index contributed by atoms with van der Waals surface area (Å²) in [5, 5.41) is 17.7. The van der Waals surface area contributed by atoms with Crippen molar-refractivity contribution in [3.8, 4) is 16.9 Å². The molecule has 0 spiro atoms. The van der Waals surface area contributed by atoms with Gasteiger partial charge in [-0.05, 0) is 65.9 Å². The van der Waals surface area contributed by atoms with E-state index in [-0.39, 0.29) is 17.5 Å². The Hall–Kier alpha value is -4.57. The minimum Gasteiger partial charge on any atom is -0.508 e. The summed E-state index contributed by atoms with van der Waals surface area (Å²) in [6.45, 7) is 6.37. The van der Waals surface area contributed by atoms with Crippen molar-refractivity contribution < 1.29 is 14.2 Å². The van der Waals surface area contributed by atoms with Crippen molar-refractivity contribution in [1.29, 1.82) is 0 Å². The van der Waals surface area contributed by atoms with Crippen molar-refractivity contribution in [3.05, 3.63) is 83.6 Å². The summed E-state index contributed by atoms with van der Waals surface area (Å²) in [6, 6.07) is 17.4. The average Bonchev–Trinajstić information content (AvgIpc) is 2.99. The Kier molecular flexibility index (Phi) is 8.46. The Morgan fingerprint density at radius 1 is 1.02 bits per heavy atom. The molecule has 2 aromatic heterocycles. The molecule has 2 aromatic carbocycles. The highest BCUT2D eigenvalue weighted by atomic mass is 19.1. The van der Waals surface area contributed by atoms with Crippen LogP contribution in [0.15, 0.2) is 65.9 Å². The number of pyridine rings is 1. The lowest BCUT2D eigenvalue weighted by atomic mass is 10.0. The second kappa shape index (κ2) is 12.5. The summed E-state index contributed by atoms with van der Waals surface area (Å²) in [5.41, 5.74) is 9.34. The highest BCUT2D eigenvalue weighted by molar-refractivity contribution is 5.79. The molecule has 0 amide bonds. The summed E-state index contributed by atoms with van der Waals surface area (Å²) < 4.78 is 19.6. The van der Waals surface area contributed by atoms with Crippen molar-refractivity contribution in [3.63, 3.8) is 0 Å². The van der Waals surface area contributed by atoms with Gasteiger partial charge in [-0.1, -0.05) is 32.0 Å². The van der Waals surface area contributed by atoms with Crippen molar-refractivity contribution in [2.45, 2.75) is 26.7 Å². The molecule has 3 N–H and O–H groups in total. The third-order valence-electron chi connectivity index (χ3n) is 6.59. The van der Waals surface area contributed by atoms with Crippen molar-refractivity contribution in [2.24, 2.45) is 5.10 Å². The molecule has 5 rings (SSSR count). The number of aryl methyl sites for hydroxylation is 2. The van der Waals surface area contributed by atoms with Gasteiger partial charge in [-0.2, -0.15) is 10.1 Å². The quantitative estimate of drug-likeness (QED) is 0.187. The molecule has 10 heteroatoms. The van der Waals surface area contributed by atoms with Crippen LogP contribution in [0.25, 0.3) is 11.1 Å². The number of phenols is 1. The van der Waals surface area contributed by atoms with E-state index in [1.165, 1.54) is 5.56 Å². The predicted octanol–water partition coefficient (Wildman–Crippen LogP) is 5.53. The monoisotopic (exact) mass is 541 g/mol. The zero-order valence-electron chi connectivity index (χ0n) is 22.6. The average molecular weight is 542 g/mol. The van der Waals surface area contributed by atoms with E-state index < -0.39 is 5.82 Å². The molecule has 1 saturated heterocycles. The van der Waals surface area contributed by atoms with E-state index in [0.717, 1.165) is 40.8 Å². The van der Waals surface area contributed by atoms with Crippen LogP contribution in [0.2, 0.25) is 0 Å². The Morgan fingerprint density at radius 2 is 1.88 bits per heavy atom. The first-order chi connectivity index (χ1) is 19.5. The van der Waals surface area contributed by atoms with Gasteiger partial charge in [0.15, 0.2) is 11.6 Å². The molecule has 0 bridgehead atoms. The maximum Gasteiger partial charge on any atom is 0.245 e. The fourth-order valence-electron chi connectivity index (χ4n) is 4.51. The zero-order valence-corrected chi connectivity index (χ0v) is 22.6. The maximum absolute atomic E-state index is 14.3. The molecule has 0 saturated carbocycles. The molecule has 1 fully saturated rings. The number of halogens is 1. The van der Waals surface area contributed by atoms with Crippen LogP contribution in [0.1, 0.15) is 30.8 Å². The van der Waals surface area contributed by atoms with E-state index in [2.05, 4.69) is 50.9 Å². The molecule has 4 aromatic rings. The number of morpholine rings is 1. The Balaban J connectivity index is 1.31. The van der Waals surface area contributed by atoms with Gasteiger partial charge in [0.1, 0.15) is 5.75 Å². The van der Waals surface area contributed by atoms with Crippen LogP contribution in [-0.4, -0.2) is 52.6 Å². The first-order valence-electron chi connectivity index (χ1n) is 13.4. The van der Waals surface area contributed by atoms with Gasteiger partial charge in [-0.15, -0.1) is 0 Å². The first kappa shape index (κ1) is 27.0. The van der Waals surface area contributed by atoms with E-state index in [1.807, 2.05) is 36.1 Å². The molecular formula is C30H32FN7O2. The summed E-state index contributed by atoms with van der Waals surface area (Å²) in [7, 11) is 0. The number of phenolic OH excluding ortho intramolecular Hbond substituents is 1. The van der Waals surface area contributed by atoms with Gasteiger partial charge in [0.25, 0.3) is 0 Å². The fourth-order valence-corrected chi connectivity index (χ4v) is 4.51. The lowest BCUT2D eigenvalue weighted by Gasteiger charge is -2.27. The Morgan fingerprint density at radius 3 is 2.65 bits per heavy atom. The number of aromatic hydroxyl groups is 1. The smallest absolute Gasteiger partial charge is 0.245 e. The van der Waals surface area contributed by atoms with E-state index in [4.69, 9.17) is 9.72 Å². The molecule has 0 radical (unpaired) electrons. The van der Waals surface area contributed by atoms with E-state index >= 15 is 0 Å². The van der Waals surface area contributed by atoms with Gasteiger partial charge in [-0.3, -0.25) is 0 Å². The minimum absolute atomic E-state index is 0.200. The van der Waals surface area contributed by atoms with Gasteiger partial charge >= 0.3 is 0 Å². The second-order valence-corrected chi connectivity index (χ2v) is 9.37. The molecule has 1 aliphatic rings. The summed E-state index contributed by atoms with van der Waals surface area (Å²) in [5.74, 6) is 0.192. The number of nitrogens with zero attached hydrogens (tertiary/aromatic N) is 5. The number of hydrazone groups is 1. The van der Waals surface area contributed by atoms with Crippen LogP contribution >= 0.6 is 0 Å². The molecule has 0 atom stereocenters. The molecule has 206 valence electrons. The Bertz CT molecular complexity index is 1510. The van der Waals surface area contributed by atoms with Crippen molar-refractivity contribution in [1.82, 2.24) is 15.0 Å². The molecular weight excluding hydrogens is 509 g/mol. The van der Waals surface area contributed by atoms with Crippen molar-refractivity contribution >= 4 is 29.4 Å². The van der Waals surface area contributed by atoms with Gasteiger partial charge in [0.05, 0.1) is 42.7 Å². The second-order valence-electron chi connectivity index (χ2n) is 9.37. The maximum atomic E-state index is 14.3. The van der Waals surface area contributed by atoms with Crippen LogP contribution in [0.5, 0.6) is 5.75 Å². The van der Waals surface area contributed by atoms with Gasteiger partial charge in [0, 0.05) is 18.8 Å². The Labute approximate surface area is 232 Å². The number of benzene rings is 2. The molecule has 3 heterocycles. The molecule has 1 aliphatic heterocycles. The van der Waals surface area contributed by atoms with E-state index in [0.29, 0.717) is 38.4 Å². The first-order valence-corrected chi connectivity index (χ1v) is 13.4.